The summed E-state index contributed by atoms with van der Waals surface area (Å²) in [5.74, 6) is 0. The van der Waals surface area contributed by atoms with E-state index in [1.165, 1.54) is 5.56 Å². The van der Waals surface area contributed by atoms with Crippen LogP contribution in [-0.4, -0.2) is 35.2 Å². The highest BCUT2D eigenvalue weighted by molar-refractivity contribution is 7.80. The van der Waals surface area contributed by atoms with E-state index in [2.05, 4.69) is 30.9 Å². The molecule has 2 unspecified atom stereocenters. The van der Waals surface area contributed by atoms with E-state index in [0.717, 1.165) is 31.7 Å². The van der Waals surface area contributed by atoms with Crippen molar-refractivity contribution in [2.75, 3.05) is 13.2 Å². The molecule has 0 amide bonds. The number of thiocarbonyl (C=S) groups is 1. The zero-order chi connectivity index (χ0) is 13.8. The third-order valence-electron chi connectivity index (χ3n) is 3.65. The monoisotopic (exact) mass is 278 g/mol. The molecule has 1 saturated heterocycles. The van der Waals surface area contributed by atoms with Crippen molar-refractivity contribution in [2.24, 2.45) is 5.73 Å². The summed E-state index contributed by atoms with van der Waals surface area (Å²) in [4.78, 5) is 2.96. The molecule has 0 spiro atoms. The second-order valence-electron chi connectivity index (χ2n) is 5.20. The van der Waals surface area contributed by atoms with Crippen LogP contribution in [0.3, 0.4) is 0 Å². The van der Waals surface area contributed by atoms with Crippen LogP contribution in [-0.2, 0) is 11.3 Å². The summed E-state index contributed by atoms with van der Waals surface area (Å²) < 4.78 is 5.73. The number of hydrogen-bond acceptors (Lipinski definition) is 3. The fourth-order valence-corrected chi connectivity index (χ4v) is 2.67. The Morgan fingerprint density at radius 3 is 3.00 bits per heavy atom. The van der Waals surface area contributed by atoms with E-state index in [0.29, 0.717) is 17.1 Å². The van der Waals surface area contributed by atoms with Crippen LogP contribution in [0.25, 0.3) is 0 Å². The minimum Gasteiger partial charge on any atom is -0.389 e. The van der Waals surface area contributed by atoms with Gasteiger partial charge in [-0.1, -0.05) is 37.3 Å². The second-order valence-corrected chi connectivity index (χ2v) is 5.64. The van der Waals surface area contributed by atoms with Crippen molar-refractivity contribution in [3.8, 4) is 0 Å². The first-order chi connectivity index (χ1) is 9.10. The molecule has 19 heavy (non-hydrogen) atoms. The molecule has 1 aromatic carbocycles. The predicted molar refractivity (Wildman–Crippen MR) is 82.2 cm³/mol. The van der Waals surface area contributed by atoms with E-state index in [-0.39, 0.29) is 0 Å². The topological polar surface area (TPSA) is 38.5 Å². The molecule has 0 aliphatic carbocycles. The number of hydrogen-bond donors (Lipinski definition) is 1. The molecule has 1 fully saturated rings. The number of morpholine rings is 1. The Kier molecular flexibility index (Phi) is 4.91. The molecule has 4 heteroatoms. The van der Waals surface area contributed by atoms with Crippen LogP contribution in [0.2, 0.25) is 0 Å². The molecule has 104 valence electrons. The third-order valence-corrected chi connectivity index (χ3v) is 3.89. The molecule has 0 aromatic heterocycles. The van der Waals surface area contributed by atoms with E-state index in [9.17, 15) is 0 Å². The van der Waals surface area contributed by atoms with E-state index in [1.807, 2.05) is 12.1 Å². The van der Waals surface area contributed by atoms with E-state index < -0.39 is 0 Å². The van der Waals surface area contributed by atoms with Gasteiger partial charge in [-0.2, -0.15) is 0 Å². The van der Waals surface area contributed by atoms with Crippen LogP contribution in [0.15, 0.2) is 24.3 Å². The highest BCUT2D eigenvalue weighted by Gasteiger charge is 2.25. The van der Waals surface area contributed by atoms with Gasteiger partial charge in [0.05, 0.1) is 12.7 Å². The zero-order valence-electron chi connectivity index (χ0n) is 11.6. The van der Waals surface area contributed by atoms with Gasteiger partial charge in [0, 0.05) is 24.7 Å². The van der Waals surface area contributed by atoms with Crippen molar-refractivity contribution in [2.45, 2.75) is 39.0 Å². The highest BCUT2D eigenvalue weighted by Crippen LogP contribution is 2.18. The van der Waals surface area contributed by atoms with Gasteiger partial charge >= 0.3 is 0 Å². The van der Waals surface area contributed by atoms with Gasteiger partial charge in [0.1, 0.15) is 4.99 Å². The summed E-state index contributed by atoms with van der Waals surface area (Å²) in [6, 6.07) is 8.72. The summed E-state index contributed by atoms with van der Waals surface area (Å²) in [5.41, 5.74) is 7.90. The van der Waals surface area contributed by atoms with Crippen LogP contribution in [0.5, 0.6) is 0 Å². The van der Waals surface area contributed by atoms with Crippen molar-refractivity contribution in [3.63, 3.8) is 0 Å². The molecular weight excluding hydrogens is 256 g/mol. The maximum Gasteiger partial charge on any atom is 0.103 e. The average Bonchev–Trinajstić information content (AvgIpc) is 2.39. The van der Waals surface area contributed by atoms with Gasteiger partial charge in [-0.25, -0.2) is 0 Å². The first-order valence-corrected chi connectivity index (χ1v) is 7.25. The van der Waals surface area contributed by atoms with Gasteiger partial charge < -0.3 is 10.5 Å². The smallest absolute Gasteiger partial charge is 0.103 e. The molecule has 2 N–H and O–H groups in total. The van der Waals surface area contributed by atoms with Gasteiger partial charge in [-0.3, -0.25) is 4.90 Å². The van der Waals surface area contributed by atoms with Crippen LogP contribution in [0.1, 0.15) is 31.4 Å². The van der Waals surface area contributed by atoms with Crippen molar-refractivity contribution >= 4 is 17.2 Å². The Balaban J connectivity index is 2.10. The SMILES string of the molecule is CCC1COC(C)CN1Cc1cccc(C(N)=S)c1. The molecule has 0 saturated carbocycles. The number of ether oxygens (including phenoxy) is 1. The second kappa shape index (κ2) is 6.46. The molecule has 1 aliphatic heterocycles. The van der Waals surface area contributed by atoms with E-state index >= 15 is 0 Å². The largest absolute Gasteiger partial charge is 0.389 e. The molecule has 1 aromatic rings. The Morgan fingerprint density at radius 1 is 1.53 bits per heavy atom. The maximum atomic E-state index is 5.73. The Hall–Kier alpha value is -0.970. The van der Waals surface area contributed by atoms with Crippen molar-refractivity contribution in [1.82, 2.24) is 4.90 Å². The molecule has 3 nitrogen and oxygen atoms in total. The third kappa shape index (κ3) is 3.75. The van der Waals surface area contributed by atoms with Crippen molar-refractivity contribution < 1.29 is 4.74 Å². The summed E-state index contributed by atoms with van der Waals surface area (Å²) in [5, 5.41) is 0. The number of rotatable bonds is 4. The van der Waals surface area contributed by atoms with Crippen molar-refractivity contribution in [3.05, 3.63) is 35.4 Å². The first-order valence-electron chi connectivity index (χ1n) is 6.84. The zero-order valence-corrected chi connectivity index (χ0v) is 12.5. The lowest BCUT2D eigenvalue weighted by Crippen LogP contribution is -2.47. The standard InChI is InChI=1S/C15H22N2OS/c1-3-14-10-18-11(2)8-17(14)9-12-5-4-6-13(7-12)15(16)19/h4-7,11,14H,3,8-10H2,1-2H3,(H2,16,19). The number of nitrogens with two attached hydrogens (primary N) is 1. The predicted octanol–water partition coefficient (Wildman–Crippen LogP) is 2.32. The Morgan fingerprint density at radius 2 is 2.32 bits per heavy atom. The lowest BCUT2D eigenvalue weighted by molar-refractivity contribution is -0.0592. The fourth-order valence-electron chi connectivity index (χ4n) is 2.54. The maximum absolute atomic E-state index is 5.73. The van der Waals surface area contributed by atoms with Crippen LogP contribution < -0.4 is 5.73 Å². The van der Waals surface area contributed by atoms with Gasteiger partial charge in [0.15, 0.2) is 0 Å². The van der Waals surface area contributed by atoms with E-state index in [1.54, 1.807) is 0 Å². The quantitative estimate of drug-likeness (QED) is 0.858. The molecule has 0 bridgehead atoms. The Bertz CT molecular complexity index is 450. The molecule has 1 heterocycles. The van der Waals surface area contributed by atoms with Gasteiger partial charge in [-0.05, 0) is 25.0 Å². The van der Waals surface area contributed by atoms with Crippen LogP contribution >= 0.6 is 12.2 Å². The minimum atomic E-state index is 0.307. The van der Waals surface area contributed by atoms with E-state index in [4.69, 9.17) is 22.7 Å². The number of nitrogens with zero attached hydrogens (tertiary/aromatic N) is 1. The summed E-state index contributed by atoms with van der Waals surface area (Å²) in [6.07, 6.45) is 1.42. The normalized spacial score (nSPS) is 24.3. The van der Waals surface area contributed by atoms with Crippen molar-refractivity contribution in [1.29, 1.82) is 0 Å². The summed E-state index contributed by atoms with van der Waals surface area (Å²) >= 11 is 5.03. The van der Waals surface area contributed by atoms with Gasteiger partial charge in [0.2, 0.25) is 0 Å². The average molecular weight is 278 g/mol. The minimum absolute atomic E-state index is 0.307. The lowest BCUT2D eigenvalue weighted by Gasteiger charge is -2.38. The van der Waals surface area contributed by atoms with Crippen LogP contribution in [0.4, 0.5) is 0 Å². The lowest BCUT2D eigenvalue weighted by atomic mass is 10.1. The number of benzene rings is 1. The van der Waals surface area contributed by atoms with Crippen LogP contribution in [0, 0.1) is 0 Å². The summed E-state index contributed by atoms with van der Waals surface area (Å²) in [7, 11) is 0. The fraction of sp³-hybridized carbons (Fsp3) is 0.533. The van der Waals surface area contributed by atoms with Gasteiger partial charge in [0.25, 0.3) is 0 Å². The highest BCUT2D eigenvalue weighted by atomic mass is 32.1. The summed E-state index contributed by atoms with van der Waals surface area (Å²) in [6.45, 7) is 7.08. The molecule has 2 rings (SSSR count). The molecule has 2 atom stereocenters. The first kappa shape index (κ1) is 14.4. The molecule has 0 radical (unpaired) electrons. The molecule has 1 aliphatic rings. The Labute approximate surface area is 120 Å². The van der Waals surface area contributed by atoms with Gasteiger partial charge in [-0.15, -0.1) is 0 Å². The molecular formula is C15H22N2OS.